The summed E-state index contributed by atoms with van der Waals surface area (Å²) in [5.41, 5.74) is 3.24. The van der Waals surface area contributed by atoms with Crippen LogP contribution in [-0.4, -0.2) is 37.6 Å². The number of fused-ring (bicyclic) bond motifs is 2. The fourth-order valence-electron chi connectivity index (χ4n) is 3.98. The van der Waals surface area contributed by atoms with E-state index >= 15 is 0 Å². The Kier molecular flexibility index (Phi) is 4.86. The highest BCUT2D eigenvalue weighted by Gasteiger charge is 2.25. The number of nitrogens with one attached hydrogen (secondary N) is 1. The molecular formula is C21H24FN5O2. The van der Waals surface area contributed by atoms with Gasteiger partial charge < -0.3 is 19.4 Å². The number of aryl methyl sites for hydroxylation is 2. The fourth-order valence-corrected chi connectivity index (χ4v) is 3.98. The average molecular weight is 397 g/mol. The maximum Gasteiger partial charge on any atom is 0.317 e. The van der Waals surface area contributed by atoms with E-state index < -0.39 is 0 Å². The lowest BCUT2D eigenvalue weighted by Gasteiger charge is -2.29. The van der Waals surface area contributed by atoms with Crippen LogP contribution in [0.15, 0.2) is 35.5 Å². The van der Waals surface area contributed by atoms with Crippen molar-refractivity contribution in [3.63, 3.8) is 0 Å². The Labute approximate surface area is 167 Å². The van der Waals surface area contributed by atoms with Crippen LogP contribution >= 0.6 is 0 Å². The van der Waals surface area contributed by atoms with E-state index in [1.807, 2.05) is 24.7 Å². The number of amides is 2. The molecule has 1 aromatic carbocycles. The van der Waals surface area contributed by atoms with Gasteiger partial charge in [0, 0.05) is 49.3 Å². The molecule has 0 saturated carbocycles. The highest BCUT2D eigenvalue weighted by atomic mass is 19.1. The summed E-state index contributed by atoms with van der Waals surface area (Å²) >= 11 is 0. The zero-order valence-corrected chi connectivity index (χ0v) is 16.8. The van der Waals surface area contributed by atoms with E-state index in [9.17, 15) is 14.0 Å². The maximum absolute atomic E-state index is 13.7. The van der Waals surface area contributed by atoms with Gasteiger partial charge in [-0.1, -0.05) is 0 Å². The smallest absolute Gasteiger partial charge is 0.317 e. The topological polar surface area (TPSA) is 72.2 Å². The largest absolute Gasteiger partial charge is 0.350 e. The van der Waals surface area contributed by atoms with Gasteiger partial charge in [0.1, 0.15) is 5.82 Å². The molecule has 1 aliphatic heterocycles. The van der Waals surface area contributed by atoms with Crippen molar-refractivity contribution in [2.45, 2.75) is 32.4 Å². The van der Waals surface area contributed by atoms with E-state index in [4.69, 9.17) is 0 Å². The zero-order chi connectivity index (χ0) is 20.7. The Morgan fingerprint density at radius 2 is 2.10 bits per heavy atom. The molecule has 1 aliphatic rings. The highest BCUT2D eigenvalue weighted by molar-refractivity contribution is 5.84. The number of urea groups is 1. The van der Waals surface area contributed by atoms with E-state index in [0.29, 0.717) is 37.2 Å². The molecular weight excluding hydrogens is 373 g/mol. The first-order valence-corrected chi connectivity index (χ1v) is 9.65. The molecule has 29 heavy (non-hydrogen) atoms. The van der Waals surface area contributed by atoms with Gasteiger partial charge in [0.15, 0.2) is 0 Å². The third-order valence-corrected chi connectivity index (χ3v) is 5.50. The van der Waals surface area contributed by atoms with Gasteiger partial charge in [-0.2, -0.15) is 0 Å². The first-order chi connectivity index (χ1) is 13.8. The molecule has 1 unspecified atom stereocenters. The van der Waals surface area contributed by atoms with Crippen molar-refractivity contribution in [2.24, 2.45) is 14.1 Å². The van der Waals surface area contributed by atoms with Crippen LogP contribution in [0.25, 0.3) is 10.9 Å². The van der Waals surface area contributed by atoms with Crippen molar-refractivity contribution in [3.8, 4) is 0 Å². The van der Waals surface area contributed by atoms with Crippen LogP contribution in [0.4, 0.5) is 9.18 Å². The van der Waals surface area contributed by atoms with E-state index in [2.05, 4.69) is 10.3 Å². The predicted octanol–water partition coefficient (Wildman–Crippen LogP) is 2.11. The Morgan fingerprint density at radius 1 is 1.31 bits per heavy atom. The molecule has 2 aromatic heterocycles. The second-order valence-electron chi connectivity index (χ2n) is 7.74. The standard InChI is InChI=1S/C21H24FN5O2/c1-13(8-14-10-25(2)19-5-4-15(22)9-17(14)19)24-21(29)27-7-6-16-18(11-27)23-12-26(3)20(16)28/h4-5,9-10,12-13H,6-8,11H2,1-3H3,(H,24,29). The third kappa shape index (κ3) is 3.62. The van der Waals surface area contributed by atoms with Crippen LogP contribution in [-0.2, 0) is 33.5 Å². The van der Waals surface area contributed by atoms with Crippen molar-refractivity contribution in [2.75, 3.05) is 6.54 Å². The lowest BCUT2D eigenvalue weighted by Crippen LogP contribution is -2.47. The van der Waals surface area contributed by atoms with Crippen molar-refractivity contribution >= 4 is 16.9 Å². The minimum absolute atomic E-state index is 0.0494. The van der Waals surface area contributed by atoms with Crippen LogP contribution in [0.5, 0.6) is 0 Å². The van der Waals surface area contributed by atoms with Gasteiger partial charge in [-0.15, -0.1) is 0 Å². The summed E-state index contributed by atoms with van der Waals surface area (Å²) in [5.74, 6) is -0.271. The van der Waals surface area contributed by atoms with Gasteiger partial charge in [-0.05, 0) is 43.5 Å². The van der Waals surface area contributed by atoms with E-state index in [0.717, 1.165) is 16.5 Å². The Bertz CT molecular complexity index is 1150. The maximum atomic E-state index is 13.7. The molecule has 0 saturated heterocycles. The first-order valence-electron chi connectivity index (χ1n) is 9.65. The van der Waals surface area contributed by atoms with Crippen LogP contribution in [0, 0.1) is 5.82 Å². The molecule has 7 nitrogen and oxygen atoms in total. The SMILES string of the molecule is CC(Cc1cn(C)c2ccc(F)cc12)NC(=O)N1CCc2c(ncn(C)c2=O)C1. The summed E-state index contributed by atoms with van der Waals surface area (Å²) < 4.78 is 17.1. The molecule has 1 N–H and O–H groups in total. The number of carbonyl (C=O) groups excluding carboxylic acids is 1. The average Bonchev–Trinajstić information content (AvgIpc) is 2.99. The molecule has 0 aliphatic carbocycles. The first kappa shape index (κ1) is 19.2. The van der Waals surface area contributed by atoms with Gasteiger partial charge >= 0.3 is 6.03 Å². The summed E-state index contributed by atoms with van der Waals surface area (Å²) in [6.07, 6.45) is 4.56. The van der Waals surface area contributed by atoms with E-state index in [-0.39, 0.29) is 23.4 Å². The minimum Gasteiger partial charge on any atom is -0.350 e. The number of rotatable bonds is 3. The van der Waals surface area contributed by atoms with E-state index in [1.54, 1.807) is 18.0 Å². The van der Waals surface area contributed by atoms with E-state index in [1.165, 1.54) is 23.0 Å². The predicted molar refractivity (Wildman–Crippen MR) is 108 cm³/mol. The van der Waals surface area contributed by atoms with Crippen LogP contribution < -0.4 is 10.9 Å². The number of hydrogen-bond donors (Lipinski definition) is 1. The van der Waals surface area contributed by atoms with Gasteiger partial charge in [-0.25, -0.2) is 14.2 Å². The second-order valence-corrected chi connectivity index (χ2v) is 7.74. The third-order valence-electron chi connectivity index (χ3n) is 5.50. The fraction of sp³-hybridized carbons (Fsp3) is 0.381. The molecule has 8 heteroatoms. The number of benzene rings is 1. The molecule has 0 spiro atoms. The summed E-state index contributed by atoms with van der Waals surface area (Å²) in [7, 11) is 3.60. The monoisotopic (exact) mass is 397 g/mol. The molecule has 0 fully saturated rings. The zero-order valence-electron chi connectivity index (χ0n) is 16.8. The molecule has 152 valence electrons. The van der Waals surface area contributed by atoms with Crippen molar-refractivity contribution in [1.29, 1.82) is 0 Å². The summed E-state index contributed by atoms with van der Waals surface area (Å²) in [6.45, 7) is 2.73. The lowest BCUT2D eigenvalue weighted by atomic mass is 10.1. The molecule has 2 amide bonds. The number of halogens is 1. The van der Waals surface area contributed by atoms with Crippen molar-refractivity contribution in [1.82, 2.24) is 24.3 Å². The quantitative estimate of drug-likeness (QED) is 0.736. The number of nitrogens with zero attached hydrogens (tertiary/aromatic N) is 4. The van der Waals surface area contributed by atoms with Gasteiger partial charge in [0.05, 0.1) is 18.6 Å². The molecule has 0 bridgehead atoms. The number of aromatic nitrogens is 3. The van der Waals surface area contributed by atoms with Crippen molar-refractivity contribution < 1.29 is 9.18 Å². The molecule has 0 radical (unpaired) electrons. The number of carbonyl (C=O) groups is 1. The van der Waals surface area contributed by atoms with Gasteiger partial charge in [-0.3, -0.25) is 4.79 Å². The summed E-state index contributed by atoms with van der Waals surface area (Å²) in [6, 6.07) is 4.44. The summed E-state index contributed by atoms with van der Waals surface area (Å²) in [4.78, 5) is 30.9. The molecule has 3 aromatic rings. The minimum atomic E-state index is -0.271. The van der Waals surface area contributed by atoms with Crippen LogP contribution in [0.3, 0.4) is 0 Å². The van der Waals surface area contributed by atoms with Crippen molar-refractivity contribution in [3.05, 3.63) is 63.7 Å². The second kappa shape index (κ2) is 7.35. The molecule has 3 heterocycles. The van der Waals surface area contributed by atoms with Crippen LogP contribution in [0.1, 0.15) is 23.7 Å². The molecule has 4 rings (SSSR count). The Morgan fingerprint density at radius 3 is 2.90 bits per heavy atom. The Balaban J connectivity index is 1.45. The molecule has 1 atom stereocenters. The summed E-state index contributed by atoms with van der Waals surface area (Å²) in [5, 5.41) is 3.88. The highest BCUT2D eigenvalue weighted by Crippen LogP contribution is 2.23. The van der Waals surface area contributed by atoms with Gasteiger partial charge in [0.2, 0.25) is 0 Å². The van der Waals surface area contributed by atoms with Gasteiger partial charge in [0.25, 0.3) is 5.56 Å². The Hall–Kier alpha value is -3.16. The van der Waals surface area contributed by atoms with Crippen LogP contribution in [0.2, 0.25) is 0 Å². The number of hydrogen-bond acceptors (Lipinski definition) is 3. The normalized spacial score (nSPS) is 14.7. The lowest BCUT2D eigenvalue weighted by molar-refractivity contribution is 0.187.